The van der Waals surface area contributed by atoms with E-state index in [0.29, 0.717) is 0 Å². The Labute approximate surface area is 114 Å². The zero-order valence-electron chi connectivity index (χ0n) is 12.5. The standard InChI is InChI=1S/C16H32N2/c1-3-11-17-16(15-7-5-6-8-15)13-18(4-2)12-14-9-10-14/h14-17H,3-13H2,1-2H3. The molecular weight excluding hydrogens is 220 g/mol. The molecule has 1 unspecified atom stereocenters. The van der Waals surface area contributed by atoms with Gasteiger partial charge in [0, 0.05) is 19.1 Å². The predicted octanol–water partition coefficient (Wildman–Crippen LogP) is 3.28. The molecule has 18 heavy (non-hydrogen) atoms. The summed E-state index contributed by atoms with van der Waals surface area (Å²) in [5, 5.41) is 3.83. The highest BCUT2D eigenvalue weighted by Gasteiger charge is 2.28. The van der Waals surface area contributed by atoms with E-state index in [1.54, 1.807) is 0 Å². The van der Waals surface area contributed by atoms with Crippen LogP contribution in [0.15, 0.2) is 0 Å². The topological polar surface area (TPSA) is 15.3 Å². The summed E-state index contributed by atoms with van der Waals surface area (Å²) < 4.78 is 0. The maximum absolute atomic E-state index is 3.83. The Bertz CT molecular complexity index is 219. The lowest BCUT2D eigenvalue weighted by atomic mass is 9.97. The van der Waals surface area contributed by atoms with Crippen LogP contribution in [0.25, 0.3) is 0 Å². The lowest BCUT2D eigenvalue weighted by Gasteiger charge is -2.31. The van der Waals surface area contributed by atoms with Crippen molar-refractivity contribution in [1.82, 2.24) is 10.2 Å². The Morgan fingerprint density at radius 2 is 1.83 bits per heavy atom. The van der Waals surface area contributed by atoms with Crippen molar-refractivity contribution >= 4 is 0 Å². The summed E-state index contributed by atoms with van der Waals surface area (Å²) in [6, 6.07) is 0.756. The molecule has 2 heteroatoms. The van der Waals surface area contributed by atoms with Crippen LogP contribution in [0.5, 0.6) is 0 Å². The van der Waals surface area contributed by atoms with Crippen LogP contribution in [0.2, 0.25) is 0 Å². The van der Waals surface area contributed by atoms with Gasteiger partial charge in [0.25, 0.3) is 0 Å². The highest BCUT2D eigenvalue weighted by atomic mass is 15.2. The van der Waals surface area contributed by atoms with Gasteiger partial charge in [-0.3, -0.25) is 0 Å². The number of nitrogens with one attached hydrogen (secondary N) is 1. The third-order valence-corrected chi connectivity index (χ3v) is 4.74. The van der Waals surface area contributed by atoms with Crippen molar-refractivity contribution in [2.45, 2.75) is 64.8 Å². The monoisotopic (exact) mass is 252 g/mol. The van der Waals surface area contributed by atoms with Crippen molar-refractivity contribution in [2.24, 2.45) is 11.8 Å². The van der Waals surface area contributed by atoms with E-state index in [9.17, 15) is 0 Å². The second-order valence-corrected chi connectivity index (χ2v) is 6.40. The van der Waals surface area contributed by atoms with E-state index in [4.69, 9.17) is 0 Å². The molecule has 2 nitrogen and oxygen atoms in total. The molecule has 0 aromatic heterocycles. The Hall–Kier alpha value is -0.0800. The minimum atomic E-state index is 0.756. The van der Waals surface area contributed by atoms with Crippen LogP contribution in [0.4, 0.5) is 0 Å². The van der Waals surface area contributed by atoms with Gasteiger partial charge in [-0.25, -0.2) is 0 Å². The molecule has 2 saturated carbocycles. The largest absolute Gasteiger partial charge is 0.312 e. The SMILES string of the molecule is CCCNC(CN(CC)CC1CC1)C1CCCC1. The number of rotatable bonds is 9. The average Bonchev–Trinajstić information content (AvgIpc) is 3.03. The molecule has 106 valence electrons. The molecule has 0 aromatic rings. The van der Waals surface area contributed by atoms with Crippen molar-refractivity contribution in [3.63, 3.8) is 0 Å². The minimum Gasteiger partial charge on any atom is -0.312 e. The summed E-state index contributed by atoms with van der Waals surface area (Å²) in [6.45, 7) is 9.68. The summed E-state index contributed by atoms with van der Waals surface area (Å²) >= 11 is 0. The van der Waals surface area contributed by atoms with Gasteiger partial charge >= 0.3 is 0 Å². The van der Waals surface area contributed by atoms with Gasteiger partial charge in [-0.2, -0.15) is 0 Å². The van der Waals surface area contributed by atoms with Gasteiger partial charge in [-0.1, -0.05) is 26.7 Å². The van der Waals surface area contributed by atoms with Crippen LogP contribution in [0.3, 0.4) is 0 Å². The first-order chi connectivity index (χ1) is 8.83. The number of hydrogen-bond donors (Lipinski definition) is 1. The Morgan fingerprint density at radius 3 is 2.39 bits per heavy atom. The molecule has 2 fully saturated rings. The highest BCUT2D eigenvalue weighted by molar-refractivity contribution is 4.85. The van der Waals surface area contributed by atoms with Crippen molar-refractivity contribution in [2.75, 3.05) is 26.2 Å². The van der Waals surface area contributed by atoms with E-state index < -0.39 is 0 Å². The average molecular weight is 252 g/mol. The molecule has 1 atom stereocenters. The second-order valence-electron chi connectivity index (χ2n) is 6.40. The predicted molar refractivity (Wildman–Crippen MR) is 78.9 cm³/mol. The molecule has 0 saturated heterocycles. The summed E-state index contributed by atoms with van der Waals surface area (Å²) in [5.41, 5.74) is 0. The lowest BCUT2D eigenvalue weighted by molar-refractivity contribution is 0.209. The van der Waals surface area contributed by atoms with Gasteiger partial charge in [0.15, 0.2) is 0 Å². The molecule has 1 N–H and O–H groups in total. The zero-order chi connectivity index (χ0) is 12.8. The molecule has 2 rings (SSSR count). The number of likely N-dealkylation sites (N-methyl/N-ethyl adjacent to an activating group) is 1. The van der Waals surface area contributed by atoms with E-state index in [2.05, 4.69) is 24.1 Å². The Kier molecular flexibility index (Phi) is 5.97. The van der Waals surface area contributed by atoms with Gasteiger partial charge in [-0.05, 0) is 57.0 Å². The van der Waals surface area contributed by atoms with E-state index >= 15 is 0 Å². The van der Waals surface area contributed by atoms with Crippen molar-refractivity contribution in [3.05, 3.63) is 0 Å². The normalized spacial score (nSPS) is 22.8. The first-order valence-corrected chi connectivity index (χ1v) is 8.29. The number of hydrogen-bond acceptors (Lipinski definition) is 2. The molecule has 0 spiro atoms. The van der Waals surface area contributed by atoms with Gasteiger partial charge in [0.1, 0.15) is 0 Å². The first-order valence-electron chi connectivity index (χ1n) is 8.29. The summed E-state index contributed by atoms with van der Waals surface area (Å²) in [6.07, 6.45) is 10.1. The summed E-state index contributed by atoms with van der Waals surface area (Å²) in [5.74, 6) is 1.98. The van der Waals surface area contributed by atoms with Gasteiger partial charge < -0.3 is 10.2 Å². The van der Waals surface area contributed by atoms with Crippen LogP contribution in [-0.2, 0) is 0 Å². The van der Waals surface area contributed by atoms with E-state index in [0.717, 1.165) is 17.9 Å². The van der Waals surface area contributed by atoms with Crippen LogP contribution in [0, 0.1) is 11.8 Å². The molecule has 0 radical (unpaired) electrons. The molecule has 2 aliphatic rings. The molecule has 0 amide bonds. The maximum Gasteiger partial charge on any atom is 0.0223 e. The molecule has 0 aliphatic heterocycles. The van der Waals surface area contributed by atoms with Crippen LogP contribution in [-0.4, -0.2) is 37.1 Å². The van der Waals surface area contributed by atoms with Gasteiger partial charge in [0.2, 0.25) is 0 Å². The maximum atomic E-state index is 3.83. The fraction of sp³-hybridized carbons (Fsp3) is 1.00. The minimum absolute atomic E-state index is 0.756. The van der Waals surface area contributed by atoms with E-state index in [1.807, 2.05) is 0 Å². The first kappa shape index (κ1) is 14.3. The van der Waals surface area contributed by atoms with Crippen LogP contribution < -0.4 is 5.32 Å². The Balaban J connectivity index is 1.80. The van der Waals surface area contributed by atoms with E-state index in [-0.39, 0.29) is 0 Å². The molecule has 0 heterocycles. The van der Waals surface area contributed by atoms with Crippen LogP contribution in [0.1, 0.15) is 58.8 Å². The number of nitrogens with zero attached hydrogens (tertiary/aromatic N) is 1. The smallest absolute Gasteiger partial charge is 0.0223 e. The summed E-state index contributed by atoms with van der Waals surface area (Å²) in [4.78, 5) is 2.70. The quantitative estimate of drug-likeness (QED) is 0.677. The molecule has 2 aliphatic carbocycles. The fourth-order valence-corrected chi connectivity index (χ4v) is 3.35. The van der Waals surface area contributed by atoms with Crippen molar-refractivity contribution in [1.29, 1.82) is 0 Å². The molecular formula is C16H32N2. The van der Waals surface area contributed by atoms with E-state index in [1.165, 1.54) is 71.1 Å². The zero-order valence-corrected chi connectivity index (χ0v) is 12.5. The van der Waals surface area contributed by atoms with Crippen molar-refractivity contribution in [3.8, 4) is 0 Å². The molecule has 0 bridgehead atoms. The second kappa shape index (κ2) is 7.49. The fourth-order valence-electron chi connectivity index (χ4n) is 3.35. The molecule has 0 aromatic carbocycles. The summed E-state index contributed by atoms with van der Waals surface area (Å²) in [7, 11) is 0. The van der Waals surface area contributed by atoms with Gasteiger partial charge in [-0.15, -0.1) is 0 Å². The van der Waals surface area contributed by atoms with Crippen LogP contribution >= 0.6 is 0 Å². The lowest BCUT2D eigenvalue weighted by Crippen LogP contribution is -2.45. The van der Waals surface area contributed by atoms with Crippen molar-refractivity contribution < 1.29 is 0 Å². The van der Waals surface area contributed by atoms with Gasteiger partial charge in [0.05, 0.1) is 0 Å². The Morgan fingerprint density at radius 1 is 1.11 bits per heavy atom. The highest BCUT2D eigenvalue weighted by Crippen LogP contribution is 2.31. The third-order valence-electron chi connectivity index (χ3n) is 4.74. The third kappa shape index (κ3) is 4.55.